The van der Waals surface area contributed by atoms with Crippen LogP contribution in [0.1, 0.15) is 25.7 Å². The van der Waals surface area contributed by atoms with Crippen LogP contribution in [0.2, 0.25) is 0 Å². The van der Waals surface area contributed by atoms with Gasteiger partial charge in [0.2, 0.25) is 0 Å². The second kappa shape index (κ2) is 13.6. The van der Waals surface area contributed by atoms with Gasteiger partial charge in [-0.1, -0.05) is 6.42 Å². The molecule has 2 N–H and O–H groups in total. The fourth-order valence-corrected chi connectivity index (χ4v) is 0.590. The number of hydrogen-bond acceptors (Lipinski definition) is 3. The molecule has 0 rings (SSSR count). The second-order valence-electron chi connectivity index (χ2n) is 1.97. The van der Waals surface area contributed by atoms with E-state index in [1.54, 1.807) is 0 Å². The van der Waals surface area contributed by atoms with Crippen molar-refractivity contribution in [1.82, 2.24) is 0 Å². The van der Waals surface area contributed by atoms with Crippen molar-refractivity contribution in [2.75, 3.05) is 6.54 Å². The molecule has 62 valence electrons. The molecule has 0 aromatic heterocycles. The van der Waals surface area contributed by atoms with Crippen molar-refractivity contribution in [3.8, 4) is 0 Å². The number of aliphatic carboxylic acids is 1. The molecule has 11 heavy (non-hydrogen) atoms. The topological polar surface area (TPSA) is 66.2 Å². The Hall–Kier alpha value is 0.980. The minimum absolute atomic E-state index is 0. The largest absolute Gasteiger partial charge is 2.00 e. The summed E-state index contributed by atoms with van der Waals surface area (Å²) < 4.78 is 0. The molecule has 0 saturated carbocycles. The van der Waals surface area contributed by atoms with E-state index in [-0.39, 0.29) is 56.6 Å². The maximum Gasteiger partial charge on any atom is 2.00 e. The number of hydrogen-bond donors (Lipinski definition) is 1. The van der Waals surface area contributed by atoms with Crippen LogP contribution in [0.25, 0.3) is 0 Å². The zero-order chi connectivity index (χ0) is 7.11. The third-order valence-electron chi connectivity index (χ3n) is 1.09. The Morgan fingerprint density at radius 2 is 1.82 bits per heavy atom. The average Bonchev–Trinajstić information content (AvgIpc) is 1.80. The van der Waals surface area contributed by atoms with Crippen LogP contribution < -0.4 is 23.2 Å². The van der Waals surface area contributed by atoms with E-state index < -0.39 is 5.97 Å². The number of nitrogens with two attached hydrogens (primary N) is 1. The first-order valence-corrected chi connectivity index (χ1v) is 3.17. The second-order valence-corrected chi connectivity index (χ2v) is 1.97. The van der Waals surface area contributed by atoms with Crippen molar-refractivity contribution in [2.45, 2.75) is 25.7 Å². The summed E-state index contributed by atoms with van der Waals surface area (Å²) in [6.07, 6.45) is 2.66. The summed E-state index contributed by atoms with van der Waals surface area (Å²) in [7, 11) is 0. The predicted molar refractivity (Wildman–Crippen MR) is 38.3 cm³/mol. The Labute approximate surface area is 103 Å². The van der Waals surface area contributed by atoms with Gasteiger partial charge in [0, 0.05) is 5.97 Å². The van der Waals surface area contributed by atoms with Gasteiger partial charge in [-0.25, -0.2) is 0 Å². The maximum absolute atomic E-state index is 9.82. The van der Waals surface area contributed by atoms with Gasteiger partial charge < -0.3 is 28.0 Å². The fraction of sp³-hybridized carbons (Fsp3) is 0.833. The van der Waals surface area contributed by atoms with Crippen LogP contribution in [0.5, 0.6) is 0 Å². The third-order valence-corrected chi connectivity index (χ3v) is 1.09. The first kappa shape index (κ1) is 17.9. The summed E-state index contributed by atoms with van der Waals surface area (Å²) in [5.74, 6) is -0.966. The molecule has 0 aliphatic carbocycles. The summed E-state index contributed by atoms with van der Waals surface area (Å²) in [6.45, 7) is 0.646. The van der Waals surface area contributed by atoms with Crippen molar-refractivity contribution in [1.29, 1.82) is 0 Å². The third kappa shape index (κ3) is 18.2. The van der Waals surface area contributed by atoms with Crippen LogP contribution in [0, 0.1) is 0 Å². The van der Waals surface area contributed by atoms with E-state index in [9.17, 15) is 9.90 Å². The van der Waals surface area contributed by atoms with E-state index in [2.05, 4.69) is 0 Å². The van der Waals surface area contributed by atoms with Gasteiger partial charge in [0.15, 0.2) is 0 Å². The van der Waals surface area contributed by atoms with Crippen LogP contribution in [0.3, 0.4) is 0 Å². The quantitative estimate of drug-likeness (QED) is 0.367. The zero-order valence-corrected chi connectivity index (χ0v) is 9.48. The molecule has 5 heteroatoms. The molecular weight excluding hydrogens is 194 g/mol. The van der Waals surface area contributed by atoms with Crippen LogP contribution in [-0.2, 0) is 4.79 Å². The van der Waals surface area contributed by atoms with Crippen LogP contribution in [0.15, 0.2) is 0 Å². The Morgan fingerprint density at radius 1 is 1.27 bits per heavy atom. The smallest absolute Gasteiger partial charge is 1.00 e. The van der Waals surface area contributed by atoms with E-state index in [0.29, 0.717) is 13.0 Å². The molecule has 0 spiro atoms. The summed E-state index contributed by atoms with van der Waals surface area (Å²) in [5.41, 5.74) is 5.18. The van der Waals surface area contributed by atoms with E-state index in [4.69, 9.17) is 5.73 Å². The molecule has 0 radical (unpaired) electrons. The van der Waals surface area contributed by atoms with Crippen molar-refractivity contribution >= 4 is 43.7 Å². The summed E-state index contributed by atoms with van der Waals surface area (Å²) >= 11 is 0. The molecule has 0 amide bonds. The van der Waals surface area contributed by atoms with Gasteiger partial charge in [-0.05, 0) is 25.8 Å². The first-order valence-electron chi connectivity index (χ1n) is 3.17. The minimum atomic E-state index is -0.966. The normalized spacial score (nSPS) is 7.73. The minimum Gasteiger partial charge on any atom is -1.00 e. The van der Waals surface area contributed by atoms with E-state index in [1.165, 1.54) is 0 Å². The molecule has 0 fully saturated rings. The van der Waals surface area contributed by atoms with E-state index in [1.807, 2.05) is 0 Å². The van der Waals surface area contributed by atoms with Crippen molar-refractivity contribution in [2.24, 2.45) is 5.73 Å². The molecule has 0 aliphatic rings. The van der Waals surface area contributed by atoms with Crippen LogP contribution >= 0.6 is 0 Å². The van der Waals surface area contributed by atoms with Gasteiger partial charge in [0.25, 0.3) is 0 Å². The molecular formula is C6H12CaClNO2. The molecule has 0 heterocycles. The first-order chi connectivity index (χ1) is 4.27. The predicted octanol–water partition coefficient (Wildman–Crippen LogP) is -4.12. The number of rotatable bonds is 5. The SMILES string of the molecule is NCCCCCC(=O)[O-].[Ca+2].[Cl-]. The standard InChI is InChI=1S/C6H13NO2.Ca.ClH/c7-5-3-1-2-4-6(8)9;;/h1-5,7H2,(H,8,9);;1H/q;+2;/p-2. The van der Waals surface area contributed by atoms with Crippen molar-refractivity contribution in [3.05, 3.63) is 0 Å². The van der Waals surface area contributed by atoms with E-state index >= 15 is 0 Å². The average molecular weight is 206 g/mol. The Morgan fingerprint density at radius 3 is 2.18 bits per heavy atom. The number of carboxylic acids is 1. The number of halogens is 1. The summed E-state index contributed by atoms with van der Waals surface area (Å²) in [5, 5.41) is 9.82. The number of unbranched alkanes of at least 4 members (excludes halogenated alkanes) is 2. The molecule has 0 aromatic carbocycles. The van der Waals surface area contributed by atoms with Gasteiger partial charge in [0.1, 0.15) is 0 Å². The van der Waals surface area contributed by atoms with Crippen LogP contribution in [0.4, 0.5) is 0 Å². The number of carbonyl (C=O) groups is 1. The van der Waals surface area contributed by atoms with Gasteiger partial charge in [-0.3, -0.25) is 0 Å². The Bertz CT molecular complexity index is 92.7. The van der Waals surface area contributed by atoms with Gasteiger partial charge in [-0.2, -0.15) is 0 Å². The van der Waals surface area contributed by atoms with Crippen molar-refractivity contribution < 1.29 is 22.3 Å². The zero-order valence-electron chi connectivity index (χ0n) is 6.51. The summed E-state index contributed by atoms with van der Waals surface area (Å²) in [6, 6.07) is 0. The molecule has 0 aromatic rings. The molecule has 0 aliphatic heterocycles. The van der Waals surface area contributed by atoms with Gasteiger partial charge in [-0.15, -0.1) is 0 Å². The molecule has 3 nitrogen and oxygen atoms in total. The molecule has 0 bridgehead atoms. The number of carboxylic acid groups (broad SMARTS) is 1. The Kier molecular flexibility index (Phi) is 22.1. The van der Waals surface area contributed by atoms with Gasteiger partial charge >= 0.3 is 37.7 Å². The summed E-state index contributed by atoms with van der Waals surface area (Å²) in [4.78, 5) is 9.82. The van der Waals surface area contributed by atoms with Gasteiger partial charge in [0.05, 0.1) is 0 Å². The number of carbonyl (C=O) groups excluding carboxylic acids is 1. The van der Waals surface area contributed by atoms with Crippen LogP contribution in [-0.4, -0.2) is 50.3 Å². The Balaban J connectivity index is -0.000000320. The monoisotopic (exact) mass is 205 g/mol. The molecule has 0 saturated heterocycles. The fourth-order valence-electron chi connectivity index (χ4n) is 0.590. The van der Waals surface area contributed by atoms with Crippen molar-refractivity contribution in [3.63, 3.8) is 0 Å². The van der Waals surface area contributed by atoms with E-state index in [0.717, 1.165) is 12.8 Å². The maximum atomic E-state index is 9.82. The molecule has 0 atom stereocenters. The molecule has 0 unspecified atom stereocenters.